The van der Waals surface area contributed by atoms with Gasteiger partial charge in [-0.2, -0.15) is 5.10 Å². The van der Waals surface area contributed by atoms with Crippen molar-refractivity contribution < 1.29 is 4.74 Å². The molecule has 0 saturated heterocycles. The smallest absolute Gasteiger partial charge is 0.175 e. The molecule has 0 aliphatic carbocycles. The van der Waals surface area contributed by atoms with Crippen molar-refractivity contribution in [3.63, 3.8) is 0 Å². The van der Waals surface area contributed by atoms with E-state index in [1.54, 1.807) is 31.5 Å². The molecule has 25 heavy (non-hydrogen) atoms. The first kappa shape index (κ1) is 17.3. The molecule has 1 aromatic heterocycles. The molecule has 0 unspecified atom stereocenters. The Morgan fingerprint density at radius 2 is 2.00 bits per heavy atom. The Balaban J connectivity index is 1.63. The molecule has 5 nitrogen and oxygen atoms in total. The summed E-state index contributed by atoms with van der Waals surface area (Å²) in [6.45, 7) is 0.699. The lowest BCUT2D eigenvalue weighted by Gasteiger charge is -2.12. The maximum Gasteiger partial charge on any atom is 0.175 e. The predicted molar refractivity (Wildman–Crippen MR) is 106 cm³/mol. The van der Waals surface area contributed by atoms with Crippen LogP contribution in [0.1, 0.15) is 5.56 Å². The Morgan fingerprint density at radius 3 is 2.76 bits per heavy atom. The number of halogens is 1. The Labute approximate surface area is 156 Å². The lowest BCUT2D eigenvalue weighted by atomic mass is 10.2. The highest BCUT2D eigenvalue weighted by atomic mass is 35.5. The van der Waals surface area contributed by atoms with Gasteiger partial charge in [0.25, 0.3) is 0 Å². The summed E-state index contributed by atoms with van der Waals surface area (Å²) >= 11 is 11.4. The number of thiocarbonyl (C=S) groups is 1. The number of hydrogen-bond acceptors (Lipinski definition) is 3. The summed E-state index contributed by atoms with van der Waals surface area (Å²) in [5.74, 6) is 0.660. The van der Waals surface area contributed by atoms with Crippen molar-refractivity contribution in [1.29, 1.82) is 0 Å². The van der Waals surface area contributed by atoms with Gasteiger partial charge in [-0.05, 0) is 36.0 Å². The number of methoxy groups -OCH3 is 1. The average Bonchev–Trinajstić information content (AvgIpc) is 3.02. The van der Waals surface area contributed by atoms with E-state index < -0.39 is 0 Å². The van der Waals surface area contributed by atoms with E-state index in [4.69, 9.17) is 28.6 Å². The van der Waals surface area contributed by atoms with Crippen LogP contribution in [0.15, 0.2) is 60.9 Å². The molecule has 0 aliphatic rings. The van der Waals surface area contributed by atoms with Gasteiger partial charge in [0.1, 0.15) is 5.75 Å². The number of rotatable bonds is 5. The first-order valence-electron chi connectivity index (χ1n) is 7.62. The number of anilines is 2. The quantitative estimate of drug-likeness (QED) is 0.650. The Kier molecular flexibility index (Phi) is 5.53. The van der Waals surface area contributed by atoms with Crippen LogP contribution in [0.3, 0.4) is 0 Å². The monoisotopic (exact) mass is 372 g/mol. The van der Waals surface area contributed by atoms with Gasteiger partial charge in [-0.1, -0.05) is 41.9 Å². The van der Waals surface area contributed by atoms with Crippen LogP contribution >= 0.6 is 23.8 Å². The molecule has 0 spiro atoms. The van der Waals surface area contributed by atoms with Gasteiger partial charge >= 0.3 is 0 Å². The minimum atomic E-state index is 0.430. The van der Waals surface area contributed by atoms with E-state index in [0.717, 1.165) is 5.69 Å². The molecule has 0 atom stereocenters. The fraction of sp³-hybridized carbons (Fsp3) is 0.111. The van der Waals surface area contributed by atoms with Crippen molar-refractivity contribution in [2.45, 2.75) is 6.54 Å². The van der Waals surface area contributed by atoms with Gasteiger partial charge < -0.3 is 15.4 Å². The standard InChI is InChI=1S/C18H17ClN4OS/c1-24-17-8-7-14(19)9-16(17)22-18(25)21-15-10-20-23(12-15)11-13-5-3-2-4-6-13/h2-10,12H,11H2,1H3,(H2,21,22,25). The molecule has 1 heterocycles. The fourth-order valence-corrected chi connectivity index (χ4v) is 2.75. The minimum absolute atomic E-state index is 0.430. The molecule has 2 aromatic carbocycles. The molecular formula is C18H17ClN4OS. The molecule has 0 bridgehead atoms. The highest BCUT2D eigenvalue weighted by Gasteiger charge is 2.07. The fourth-order valence-electron chi connectivity index (χ4n) is 2.35. The molecule has 0 saturated carbocycles. The predicted octanol–water partition coefficient (Wildman–Crippen LogP) is 4.40. The van der Waals surface area contributed by atoms with Crippen LogP contribution in [0.5, 0.6) is 5.75 Å². The molecule has 0 amide bonds. The zero-order chi connectivity index (χ0) is 17.6. The number of hydrogen-bond donors (Lipinski definition) is 2. The van der Waals surface area contributed by atoms with Crippen LogP contribution in [0.25, 0.3) is 0 Å². The Hall–Kier alpha value is -2.57. The van der Waals surface area contributed by atoms with Gasteiger partial charge in [-0.25, -0.2) is 0 Å². The SMILES string of the molecule is COc1ccc(Cl)cc1NC(=S)Nc1cnn(Cc2ccccc2)c1. The second-order valence-electron chi connectivity index (χ2n) is 5.34. The number of ether oxygens (including phenoxy) is 1. The zero-order valence-corrected chi connectivity index (χ0v) is 15.1. The van der Waals surface area contributed by atoms with Crippen molar-refractivity contribution in [1.82, 2.24) is 9.78 Å². The third-order valence-corrected chi connectivity index (χ3v) is 3.93. The van der Waals surface area contributed by atoms with Crippen molar-refractivity contribution in [3.8, 4) is 5.75 Å². The van der Waals surface area contributed by atoms with Crippen molar-refractivity contribution in [3.05, 3.63) is 71.5 Å². The molecule has 7 heteroatoms. The summed E-state index contributed by atoms with van der Waals surface area (Å²) in [6.07, 6.45) is 3.63. The first-order chi connectivity index (χ1) is 12.1. The van der Waals surface area contributed by atoms with Crippen LogP contribution in [-0.2, 0) is 6.54 Å². The maximum atomic E-state index is 6.03. The van der Waals surface area contributed by atoms with Gasteiger partial charge in [0.15, 0.2) is 5.11 Å². The number of benzene rings is 2. The summed E-state index contributed by atoms with van der Waals surface area (Å²) in [6, 6.07) is 15.4. The van der Waals surface area contributed by atoms with Crippen LogP contribution in [0, 0.1) is 0 Å². The summed E-state index contributed by atoms with van der Waals surface area (Å²) < 4.78 is 7.14. The van der Waals surface area contributed by atoms with Gasteiger partial charge in [0.2, 0.25) is 0 Å². The van der Waals surface area contributed by atoms with Crippen LogP contribution in [-0.4, -0.2) is 22.0 Å². The average molecular weight is 373 g/mol. The molecular weight excluding hydrogens is 356 g/mol. The lowest BCUT2D eigenvalue weighted by Crippen LogP contribution is -2.19. The molecule has 0 radical (unpaired) electrons. The third-order valence-electron chi connectivity index (χ3n) is 3.49. The topological polar surface area (TPSA) is 51.1 Å². The van der Waals surface area contributed by atoms with Gasteiger partial charge in [-0.15, -0.1) is 0 Å². The maximum absolute atomic E-state index is 6.03. The van der Waals surface area contributed by atoms with Crippen LogP contribution < -0.4 is 15.4 Å². The zero-order valence-electron chi connectivity index (χ0n) is 13.6. The Morgan fingerprint density at radius 1 is 1.20 bits per heavy atom. The molecule has 3 aromatic rings. The largest absolute Gasteiger partial charge is 0.495 e. The van der Waals surface area contributed by atoms with Gasteiger partial charge in [0.05, 0.1) is 31.2 Å². The highest BCUT2D eigenvalue weighted by Crippen LogP contribution is 2.27. The number of nitrogens with zero attached hydrogens (tertiary/aromatic N) is 2. The van der Waals surface area contributed by atoms with Crippen molar-refractivity contribution in [2.75, 3.05) is 17.7 Å². The number of nitrogens with one attached hydrogen (secondary N) is 2. The van der Waals surface area contributed by atoms with Crippen LogP contribution in [0.2, 0.25) is 5.02 Å². The number of aromatic nitrogens is 2. The van der Waals surface area contributed by atoms with Crippen molar-refractivity contribution >= 4 is 40.3 Å². The van der Waals surface area contributed by atoms with Crippen LogP contribution in [0.4, 0.5) is 11.4 Å². The second-order valence-corrected chi connectivity index (χ2v) is 6.18. The summed E-state index contributed by atoms with van der Waals surface area (Å²) in [4.78, 5) is 0. The Bertz CT molecular complexity index is 867. The summed E-state index contributed by atoms with van der Waals surface area (Å²) in [5.41, 5.74) is 2.68. The highest BCUT2D eigenvalue weighted by molar-refractivity contribution is 7.80. The van der Waals surface area contributed by atoms with E-state index in [-0.39, 0.29) is 0 Å². The van der Waals surface area contributed by atoms with E-state index >= 15 is 0 Å². The first-order valence-corrected chi connectivity index (χ1v) is 8.40. The molecule has 0 aliphatic heterocycles. The molecule has 2 N–H and O–H groups in total. The normalized spacial score (nSPS) is 10.3. The van der Waals surface area contributed by atoms with E-state index in [9.17, 15) is 0 Å². The lowest BCUT2D eigenvalue weighted by molar-refractivity contribution is 0.417. The molecule has 128 valence electrons. The van der Waals surface area contributed by atoms with E-state index in [1.807, 2.05) is 29.1 Å². The third kappa shape index (κ3) is 4.71. The minimum Gasteiger partial charge on any atom is -0.495 e. The van der Waals surface area contributed by atoms with Gasteiger partial charge in [0, 0.05) is 11.2 Å². The van der Waals surface area contributed by atoms with Gasteiger partial charge in [-0.3, -0.25) is 4.68 Å². The molecule has 3 rings (SSSR count). The van der Waals surface area contributed by atoms with E-state index in [2.05, 4.69) is 27.9 Å². The summed E-state index contributed by atoms with van der Waals surface area (Å²) in [5, 5.41) is 11.6. The summed E-state index contributed by atoms with van der Waals surface area (Å²) in [7, 11) is 1.60. The van der Waals surface area contributed by atoms with Crippen molar-refractivity contribution in [2.24, 2.45) is 0 Å². The van der Waals surface area contributed by atoms with E-state index in [1.165, 1.54) is 5.56 Å². The van der Waals surface area contributed by atoms with E-state index in [0.29, 0.717) is 28.1 Å². The molecule has 0 fully saturated rings. The second kappa shape index (κ2) is 8.00.